The lowest BCUT2D eigenvalue weighted by Crippen LogP contribution is -2.55. The summed E-state index contributed by atoms with van der Waals surface area (Å²) in [4.78, 5) is 28.6. The van der Waals surface area contributed by atoms with Crippen molar-refractivity contribution in [3.63, 3.8) is 0 Å². The van der Waals surface area contributed by atoms with Crippen molar-refractivity contribution in [2.45, 2.75) is 45.6 Å². The number of aryl methyl sites for hydroxylation is 2. The van der Waals surface area contributed by atoms with Gasteiger partial charge in [-0.3, -0.25) is 9.59 Å². The van der Waals surface area contributed by atoms with Crippen LogP contribution in [0.1, 0.15) is 48.5 Å². The lowest BCUT2D eigenvalue weighted by Gasteiger charge is -2.35. The number of hydrogen-bond donors (Lipinski definition) is 0. The molecular weight excluding hydrogens is 270 g/mol. The molecule has 2 heterocycles. The molecule has 1 aromatic heterocycles. The molecule has 1 atom stereocenters. The molecule has 116 valence electrons. The Bertz CT molecular complexity index is 565. The van der Waals surface area contributed by atoms with E-state index in [1.165, 1.54) is 0 Å². The Morgan fingerprint density at radius 1 is 1.43 bits per heavy atom. The fourth-order valence-corrected chi connectivity index (χ4v) is 3.06. The molecule has 6 heteroatoms. The Hall–Kier alpha value is -1.85. The molecule has 1 aromatic rings. The van der Waals surface area contributed by atoms with Gasteiger partial charge >= 0.3 is 0 Å². The third-order valence-electron chi connectivity index (χ3n) is 4.24. The zero-order valence-electron chi connectivity index (χ0n) is 13.4. The van der Waals surface area contributed by atoms with Crippen molar-refractivity contribution in [2.24, 2.45) is 0 Å². The summed E-state index contributed by atoms with van der Waals surface area (Å²) >= 11 is 0. The second-order valence-electron chi connectivity index (χ2n) is 5.95. The molecule has 0 spiro atoms. The van der Waals surface area contributed by atoms with Crippen molar-refractivity contribution in [3.05, 3.63) is 17.0 Å². The molecule has 1 aliphatic rings. The number of likely N-dealkylation sites (tertiary alicyclic amines) is 1. The smallest absolute Gasteiger partial charge is 0.260 e. The van der Waals surface area contributed by atoms with E-state index in [1.807, 2.05) is 13.8 Å². The maximum Gasteiger partial charge on any atom is 0.260 e. The highest BCUT2D eigenvalue weighted by Gasteiger charge is 2.47. The molecule has 6 nitrogen and oxygen atoms in total. The van der Waals surface area contributed by atoms with Crippen molar-refractivity contribution in [1.29, 1.82) is 0 Å². The van der Waals surface area contributed by atoms with Crippen LogP contribution < -0.4 is 0 Å². The summed E-state index contributed by atoms with van der Waals surface area (Å²) in [6.45, 7) is 6.10. The monoisotopic (exact) mass is 293 g/mol. The van der Waals surface area contributed by atoms with Crippen LogP contribution in [0, 0.1) is 6.92 Å². The van der Waals surface area contributed by atoms with Gasteiger partial charge in [-0.25, -0.2) is 0 Å². The first-order valence-electron chi connectivity index (χ1n) is 7.31. The Labute approximate surface area is 125 Å². The lowest BCUT2D eigenvalue weighted by molar-refractivity contribution is -0.138. The van der Waals surface area contributed by atoms with Gasteiger partial charge in [-0.2, -0.15) is 0 Å². The van der Waals surface area contributed by atoms with Crippen molar-refractivity contribution in [2.75, 3.05) is 20.6 Å². The Balaban J connectivity index is 2.38. The molecule has 2 rings (SSSR count). The molecule has 1 saturated heterocycles. The van der Waals surface area contributed by atoms with Crippen LogP contribution in [0.5, 0.6) is 0 Å². The van der Waals surface area contributed by atoms with Crippen LogP contribution in [0.2, 0.25) is 0 Å². The van der Waals surface area contributed by atoms with Gasteiger partial charge in [-0.15, -0.1) is 0 Å². The van der Waals surface area contributed by atoms with Gasteiger partial charge in [0.25, 0.3) is 5.91 Å². The molecule has 2 amide bonds. The molecule has 1 unspecified atom stereocenters. The number of hydrogen-bond acceptors (Lipinski definition) is 4. The van der Waals surface area contributed by atoms with Gasteiger partial charge < -0.3 is 14.3 Å². The summed E-state index contributed by atoms with van der Waals surface area (Å²) in [5, 5.41) is 3.94. The third kappa shape index (κ3) is 2.43. The molecule has 0 radical (unpaired) electrons. The summed E-state index contributed by atoms with van der Waals surface area (Å²) < 4.78 is 5.15. The van der Waals surface area contributed by atoms with Crippen LogP contribution in [0.25, 0.3) is 0 Å². The normalized spacial score (nSPS) is 21.7. The second kappa shape index (κ2) is 5.50. The minimum absolute atomic E-state index is 0.0412. The van der Waals surface area contributed by atoms with E-state index in [2.05, 4.69) is 5.16 Å². The molecule has 21 heavy (non-hydrogen) atoms. The fourth-order valence-electron chi connectivity index (χ4n) is 3.06. The number of aromatic nitrogens is 1. The van der Waals surface area contributed by atoms with Crippen LogP contribution in [0.3, 0.4) is 0 Å². The average Bonchev–Trinajstić information content (AvgIpc) is 3.01. The van der Waals surface area contributed by atoms with E-state index in [1.54, 1.807) is 30.8 Å². The predicted octanol–water partition coefficient (Wildman–Crippen LogP) is 1.63. The first-order valence-corrected chi connectivity index (χ1v) is 7.31. The maximum absolute atomic E-state index is 12.9. The highest BCUT2D eigenvalue weighted by molar-refractivity contribution is 6.00. The van der Waals surface area contributed by atoms with Gasteiger partial charge in [0.1, 0.15) is 16.9 Å². The summed E-state index contributed by atoms with van der Waals surface area (Å²) in [6, 6.07) is 0. The van der Waals surface area contributed by atoms with Gasteiger partial charge in [0, 0.05) is 20.6 Å². The standard InChI is InChI=1S/C15H23N3O3/c1-6-11-12(10(2)21-16-11)13(19)18-9-7-8-15(18,3)14(20)17(4)5/h6-9H2,1-5H3. The van der Waals surface area contributed by atoms with Gasteiger partial charge in [-0.05, 0) is 33.1 Å². The number of amides is 2. The summed E-state index contributed by atoms with van der Waals surface area (Å²) in [5.74, 6) is 0.324. The molecule has 0 bridgehead atoms. The minimum atomic E-state index is -0.782. The van der Waals surface area contributed by atoms with Crippen molar-refractivity contribution < 1.29 is 14.1 Å². The third-order valence-corrected chi connectivity index (χ3v) is 4.24. The van der Waals surface area contributed by atoms with Crippen LogP contribution >= 0.6 is 0 Å². The van der Waals surface area contributed by atoms with Crippen LogP contribution in [0.4, 0.5) is 0 Å². The highest BCUT2D eigenvalue weighted by Crippen LogP contribution is 2.33. The minimum Gasteiger partial charge on any atom is -0.361 e. The van der Waals surface area contributed by atoms with E-state index in [0.29, 0.717) is 36.4 Å². The Kier molecular flexibility index (Phi) is 4.07. The largest absolute Gasteiger partial charge is 0.361 e. The van der Waals surface area contributed by atoms with Gasteiger partial charge in [-0.1, -0.05) is 12.1 Å². The van der Waals surface area contributed by atoms with Crippen molar-refractivity contribution >= 4 is 11.8 Å². The lowest BCUT2D eigenvalue weighted by atomic mass is 9.96. The quantitative estimate of drug-likeness (QED) is 0.849. The highest BCUT2D eigenvalue weighted by atomic mass is 16.5. The molecule has 0 aromatic carbocycles. The fraction of sp³-hybridized carbons (Fsp3) is 0.667. The van der Waals surface area contributed by atoms with Crippen LogP contribution in [0.15, 0.2) is 4.52 Å². The number of rotatable bonds is 3. The van der Waals surface area contributed by atoms with Gasteiger partial charge in [0.05, 0.1) is 5.69 Å². The van der Waals surface area contributed by atoms with Gasteiger partial charge in [0.15, 0.2) is 0 Å². The second-order valence-corrected chi connectivity index (χ2v) is 5.95. The first kappa shape index (κ1) is 15.5. The van der Waals surface area contributed by atoms with E-state index < -0.39 is 5.54 Å². The average molecular weight is 293 g/mol. The molecule has 0 aliphatic carbocycles. The van der Waals surface area contributed by atoms with E-state index >= 15 is 0 Å². The van der Waals surface area contributed by atoms with Gasteiger partial charge in [0.2, 0.25) is 5.91 Å². The topological polar surface area (TPSA) is 66.7 Å². The van der Waals surface area contributed by atoms with Crippen LogP contribution in [-0.2, 0) is 11.2 Å². The summed E-state index contributed by atoms with van der Waals surface area (Å²) in [6.07, 6.45) is 2.14. The molecular formula is C15H23N3O3. The predicted molar refractivity (Wildman–Crippen MR) is 78.0 cm³/mol. The Morgan fingerprint density at radius 2 is 2.10 bits per heavy atom. The first-order chi connectivity index (χ1) is 9.82. The zero-order chi connectivity index (χ0) is 15.8. The number of nitrogens with zero attached hydrogens (tertiary/aromatic N) is 3. The SMILES string of the molecule is CCc1noc(C)c1C(=O)N1CCCC1(C)C(=O)N(C)C. The van der Waals surface area contributed by atoms with Crippen molar-refractivity contribution in [1.82, 2.24) is 15.0 Å². The summed E-state index contributed by atoms with van der Waals surface area (Å²) in [5.41, 5.74) is 0.385. The number of carbonyl (C=O) groups is 2. The summed E-state index contributed by atoms with van der Waals surface area (Å²) in [7, 11) is 3.44. The molecule has 1 fully saturated rings. The van der Waals surface area contributed by atoms with E-state index in [4.69, 9.17) is 4.52 Å². The van der Waals surface area contributed by atoms with E-state index in [-0.39, 0.29) is 11.8 Å². The maximum atomic E-state index is 12.9. The van der Waals surface area contributed by atoms with E-state index in [9.17, 15) is 9.59 Å². The molecule has 0 N–H and O–H groups in total. The van der Waals surface area contributed by atoms with Crippen molar-refractivity contribution in [3.8, 4) is 0 Å². The zero-order valence-corrected chi connectivity index (χ0v) is 13.4. The Morgan fingerprint density at radius 3 is 2.67 bits per heavy atom. The number of carbonyl (C=O) groups excluding carboxylic acids is 2. The molecule has 1 aliphatic heterocycles. The van der Waals surface area contributed by atoms with E-state index in [0.717, 1.165) is 6.42 Å². The van der Waals surface area contributed by atoms with Crippen LogP contribution in [-0.4, -0.2) is 52.9 Å². The number of likely N-dealkylation sites (N-methyl/N-ethyl adjacent to an activating group) is 1. The molecule has 0 saturated carbocycles.